The van der Waals surface area contributed by atoms with Gasteiger partial charge in [-0.2, -0.15) is 5.26 Å². The number of fused-ring (bicyclic) bond motifs is 3. The highest BCUT2D eigenvalue weighted by Crippen LogP contribution is 2.25. The van der Waals surface area contributed by atoms with Crippen LogP contribution in [0.5, 0.6) is 0 Å². The van der Waals surface area contributed by atoms with Gasteiger partial charge < -0.3 is 20.0 Å². The first-order chi connectivity index (χ1) is 15.9. The van der Waals surface area contributed by atoms with E-state index in [9.17, 15) is 4.79 Å². The third kappa shape index (κ3) is 7.86. The number of methoxy groups -OCH3 is 1. The van der Waals surface area contributed by atoms with Crippen LogP contribution in [0.1, 0.15) is 72.0 Å². The zero-order chi connectivity index (χ0) is 24.3. The molecular weight excluding hydrogens is 416 g/mol. The molecule has 8 heteroatoms. The van der Waals surface area contributed by atoms with Crippen LogP contribution in [-0.2, 0) is 16.0 Å². The molecule has 0 aromatic carbocycles. The predicted octanol–water partition coefficient (Wildman–Crippen LogP) is 5.03. The monoisotopic (exact) mass is 454 g/mol. The Kier molecular flexibility index (Phi) is 10.3. The summed E-state index contributed by atoms with van der Waals surface area (Å²) in [7, 11) is 1.63. The fraction of sp³-hybridized carbons (Fsp3) is 0.600. The number of amides is 1. The predicted molar refractivity (Wildman–Crippen MR) is 132 cm³/mol. The lowest BCUT2D eigenvalue weighted by Gasteiger charge is -2.22. The second kappa shape index (κ2) is 12.9. The Labute approximate surface area is 196 Å². The van der Waals surface area contributed by atoms with E-state index in [0.29, 0.717) is 12.4 Å². The van der Waals surface area contributed by atoms with Crippen molar-refractivity contribution < 1.29 is 9.53 Å². The normalized spacial score (nSPS) is 14.1. The largest absolute Gasteiger partial charge is 0.377 e. The van der Waals surface area contributed by atoms with E-state index in [0.717, 1.165) is 34.4 Å². The molecule has 1 saturated carbocycles. The van der Waals surface area contributed by atoms with Crippen LogP contribution in [0.3, 0.4) is 0 Å². The SMILES string of the molecule is CC.COC(C)(C)CNC(=O)Cc1nc2c(cnc3[nH]ccc32)[nH]1.N#CCC1CCCCC1. The molecule has 1 amide bonds. The van der Waals surface area contributed by atoms with Crippen molar-refractivity contribution in [3.05, 3.63) is 24.3 Å². The second-order valence-electron chi connectivity index (χ2n) is 8.73. The average Bonchev–Trinajstić information content (AvgIpc) is 3.47. The van der Waals surface area contributed by atoms with Crippen molar-refractivity contribution in [3.8, 4) is 6.07 Å². The summed E-state index contributed by atoms with van der Waals surface area (Å²) in [5.74, 6) is 1.27. The van der Waals surface area contributed by atoms with E-state index in [2.05, 4.69) is 31.3 Å². The fourth-order valence-electron chi connectivity index (χ4n) is 3.73. The first-order valence-electron chi connectivity index (χ1n) is 11.9. The van der Waals surface area contributed by atoms with Crippen molar-refractivity contribution in [1.82, 2.24) is 25.3 Å². The molecule has 3 aromatic rings. The van der Waals surface area contributed by atoms with E-state index in [1.807, 2.05) is 40.0 Å². The summed E-state index contributed by atoms with van der Waals surface area (Å²) in [6, 6.07) is 4.16. The molecule has 8 nitrogen and oxygen atoms in total. The molecule has 33 heavy (non-hydrogen) atoms. The van der Waals surface area contributed by atoms with Crippen LogP contribution < -0.4 is 5.32 Å². The molecule has 0 unspecified atom stereocenters. The molecule has 1 aliphatic carbocycles. The van der Waals surface area contributed by atoms with Crippen molar-refractivity contribution in [3.63, 3.8) is 0 Å². The molecule has 3 aromatic heterocycles. The molecule has 3 heterocycles. The number of aromatic nitrogens is 4. The quantitative estimate of drug-likeness (QED) is 0.482. The highest BCUT2D eigenvalue weighted by atomic mass is 16.5. The van der Waals surface area contributed by atoms with E-state index in [4.69, 9.17) is 10.00 Å². The van der Waals surface area contributed by atoms with Crippen molar-refractivity contribution in [2.75, 3.05) is 13.7 Å². The van der Waals surface area contributed by atoms with Crippen molar-refractivity contribution in [1.29, 1.82) is 5.26 Å². The van der Waals surface area contributed by atoms with Crippen LogP contribution in [0.4, 0.5) is 0 Å². The Balaban J connectivity index is 0.000000293. The Hall–Kier alpha value is -2.92. The number of hydrogen-bond acceptors (Lipinski definition) is 5. The maximum absolute atomic E-state index is 12.0. The van der Waals surface area contributed by atoms with Gasteiger partial charge in [-0.3, -0.25) is 4.79 Å². The minimum atomic E-state index is -0.384. The van der Waals surface area contributed by atoms with Gasteiger partial charge in [0.25, 0.3) is 0 Å². The Morgan fingerprint density at radius 3 is 2.70 bits per heavy atom. The molecule has 0 bridgehead atoms. The number of pyridine rings is 1. The van der Waals surface area contributed by atoms with Gasteiger partial charge in [-0.05, 0) is 38.7 Å². The number of nitrogens with zero attached hydrogens (tertiary/aromatic N) is 3. The number of carbonyl (C=O) groups is 1. The highest BCUT2D eigenvalue weighted by Gasteiger charge is 2.18. The molecule has 0 spiro atoms. The van der Waals surface area contributed by atoms with Gasteiger partial charge in [-0.1, -0.05) is 33.1 Å². The van der Waals surface area contributed by atoms with Gasteiger partial charge in [0, 0.05) is 31.7 Å². The number of hydrogen-bond donors (Lipinski definition) is 3. The van der Waals surface area contributed by atoms with Gasteiger partial charge in [-0.15, -0.1) is 0 Å². The van der Waals surface area contributed by atoms with Gasteiger partial charge in [0.15, 0.2) is 0 Å². The molecule has 0 radical (unpaired) electrons. The number of rotatable bonds is 6. The molecule has 3 N–H and O–H groups in total. The molecular formula is C25H38N6O2. The Morgan fingerprint density at radius 2 is 2.03 bits per heavy atom. The summed E-state index contributed by atoms with van der Waals surface area (Å²) < 4.78 is 5.28. The third-order valence-corrected chi connectivity index (χ3v) is 5.78. The summed E-state index contributed by atoms with van der Waals surface area (Å²) in [5.41, 5.74) is 2.06. The summed E-state index contributed by atoms with van der Waals surface area (Å²) in [5, 5.41) is 12.2. The maximum Gasteiger partial charge on any atom is 0.227 e. The molecule has 0 saturated heterocycles. The van der Waals surface area contributed by atoms with Gasteiger partial charge in [-0.25, -0.2) is 9.97 Å². The Bertz CT molecular complexity index is 1040. The van der Waals surface area contributed by atoms with Gasteiger partial charge in [0.2, 0.25) is 5.91 Å². The number of nitriles is 1. The molecule has 4 rings (SSSR count). The van der Waals surface area contributed by atoms with Crippen LogP contribution in [0, 0.1) is 17.2 Å². The maximum atomic E-state index is 12.0. The zero-order valence-corrected chi connectivity index (χ0v) is 20.6. The molecule has 1 fully saturated rings. The summed E-state index contributed by atoms with van der Waals surface area (Å²) in [6.45, 7) is 8.29. The average molecular weight is 455 g/mol. The lowest BCUT2D eigenvalue weighted by Crippen LogP contribution is -2.40. The third-order valence-electron chi connectivity index (χ3n) is 5.78. The minimum absolute atomic E-state index is 0.0950. The van der Waals surface area contributed by atoms with Crippen molar-refractivity contribution in [2.24, 2.45) is 5.92 Å². The van der Waals surface area contributed by atoms with Crippen LogP contribution >= 0.6 is 0 Å². The van der Waals surface area contributed by atoms with Gasteiger partial charge in [0.05, 0.1) is 29.8 Å². The summed E-state index contributed by atoms with van der Waals surface area (Å²) in [4.78, 5) is 27.0. The molecule has 0 aliphatic heterocycles. The van der Waals surface area contributed by atoms with Crippen LogP contribution in [-0.4, -0.2) is 45.1 Å². The van der Waals surface area contributed by atoms with Crippen molar-refractivity contribution >= 4 is 28.0 Å². The van der Waals surface area contributed by atoms with E-state index in [1.165, 1.54) is 32.1 Å². The Morgan fingerprint density at radius 1 is 1.30 bits per heavy atom. The number of carbonyl (C=O) groups excluding carboxylic acids is 1. The van der Waals surface area contributed by atoms with Crippen LogP contribution in [0.2, 0.25) is 0 Å². The molecule has 0 atom stereocenters. The van der Waals surface area contributed by atoms with E-state index in [1.54, 1.807) is 13.3 Å². The summed E-state index contributed by atoms with van der Waals surface area (Å²) in [6.07, 6.45) is 11.2. The lowest BCUT2D eigenvalue weighted by molar-refractivity contribution is -0.121. The van der Waals surface area contributed by atoms with Crippen LogP contribution in [0.15, 0.2) is 18.5 Å². The number of nitrogens with one attached hydrogen (secondary N) is 3. The first-order valence-corrected chi connectivity index (χ1v) is 11.9. The standard InChI is InChI=1S/C15H19N5O2.C8H13N.C2H6/c1-15(2,22-3)8-18-12(21)6-11-19-10-7-17-14-9(4-5-16-14)13(10)20-11;9-7-6-8-4-2-1-3-5-8;1-2/h4-5,7H,6,8H2,1-3H3,(H,16,17)(H,18,21)(H,19,20);8H,1-6H2;1-2H3. The first kappa shape index (κ1) is 26.3. The molecule has 1 aliphatic rings. The zero-order valence-electron chi connectivity index (χ0n) is 20.6. The van der Waals surface area contributed by atoms with Gasteiger partial charge >= 0.3 is 0 Å². The summed E-state index contributed by atoms with van der Waals surface area (Å²) >= 11 is 0. The number of ether oxygens (including phenoxy) is 1. The highest BCUT2D eigenvalue weighted by molar-refractivity contribution is 6.00. The number of H-pyrrole nitrogens is 2. The topological polar surface area (TPSA) is 119 Å². The van der Waals surface area contributed by atoms with E-state index >= 15 is 0 Å². The molecule has 180 valence electrons. The van der Waals surface area contributed by atoms with E-state index in [-0.39, 0.29) is 17.9 Å². The minimum Gasteiger partial charge on any atom is -0.377 e. The fourth-order valence-corrected chi connectivity index (χ4v) is 3.73. The van der Waals surface area contributed by atoms with Crippen LogP contribution in [0.25, 0.3) is 22.1 Å². The lowest BCUT2D eigenvalue weighted by atomic mass is 9.87. The van der Waals surface area contributed by atoms with Crippen molar-refractivity contribution in [2.45, 2.75) is 78.2 Å². The van der Waals surface area contributed by atoms with E-state index < -0.39 is 0 Å². The number of imidazole rings is 1. The smallest absolute Gasteiger partial charge is 0.227 e. The second-order valence-corrected chi connectivity index (χ2v) is 8.73. The van der Waals surface area contributed by atoms with Gasteiger partial charge in [0.1, 0.15) is 17.0 Å². The number of aromatic amines is 2.